The van der Waals surface area contributed by atoms with E-state index in [4.69, 9.17) is 20.8 Å². The van der Waals surface area contributed by atoms with Crippen molar-refractivity contribution in [1.29, 1.82) is 0 Å². The van der Waals surface area contributed by atoms with E-state index in [0.29, 0.717) is 34.3 Å². The second kappa shape index (κ2) is 9.10. The topological polar surface area (TPSA) is 80.6 Å². The highest BCUT2D eigenvalue weighted by molar-refractivity contribution is 6.30. The molecule has 0 aliphatic rings. The van der Waals surface area contributed by atoms with Crippen LogP contribution in [-0.2, 0) is 11.3 Å². The maximum atomic E-state index is 12.1. The van der Waals surface area contributed by atoms with Gasteiger partial charge in [-0.3, -0.25) is 9.59 Å². The van der Waals surface area contributed by atoms with Crippen molar-refractivity contribution in [2.75, 3.05) is 11.9 Å². The van der Waals surface area contributed by atoms with Gasteiger partial charge >= 0.3 is 0 Å². The number of halogens is 1. The van der Waals surface area contributed by atoms with Gasteiger partial charge in [0, 0.05) is 16.3 Å². The number of benzene rings is 2. The van der Waals surface area contributed by atoms with Crippen LogP contribution in [0.2, 0.25) is 5.02 Å². The van der Waals surface area contributed by atoms with Gasteiger partial charge in [0.25, 0.3) is 11.8 Å². The summed E-state index contributed by atoms with van der Waals surface area (Å²) >= 11 is 5.90. The Balaban J connectivity index is 1.49. The fourth-order valence-electron chi connectivity index (χ4n) is 2.50. The number of hydrogen-bond donors (Lipinski definition) is 2. The molecule has 0 fully saturated rings. The number of furan rings is 1. The molecule has 1 heterocycles. The van der Waals surface area contributed by atoms with Gasteiger partial charge in [-0.25, -0.2) is 0 Å². The van der Waals surface area contributed by atoms with Crippen molar-refractivity contribution in [3.63, 3.8) is 0 Å². The summed E-state index contributed by atoms with van der Waals surface area (Å²) in [5.74, 6) is 0.747. The average Bonchev–Trinajstić information content (AvgIpc) is 3.19. The van der Waals surface area contributed by atoms with E-state index in [9.17, 15) is 9.59 Å². The number of ether oxygens (including phenoxy) is 1. The number of carbonyl (C=O) groups is 2. The Morgan fingerprint density at radius 1 is 1.11 bits per heavy atom. The highest BCUT2D eigenvalue weighted by Gasteiger charge is 2.09. The van der Waals surface area contributed by atoms with Crippen LogP contribution in [0.5, 0.6) is 5.75 Å². The largest absolute Gasteiger partial charge is 0.483 e. The van der Waals surface area contributed by atoms with E-state index in [2.05, 4.69) is 10.6 Å². The van der Waals surface area contributed by atoms with Crippen LogP contribution in [0, 0.1) is 6.92 Å². The van der Waals surface area contributed by atoms with Gasteiger partial charge in [-0.15, -0.1) is 0 Å². The van der Waals surface area contributed by atoms with Crippen LogP contribution in [0.25, 0.3) is 0 Å². The predicted molar refractivity (Wildman–Crippen MR) is 107 cm³/mol. The molecule has 0 saturated carbocycles. The lowest BCUT2D eigenvalue weighted by Crippen LogP contribution is -2.23. The van der Waals surface area contributed by atoms with Gasteiger partial charge < -0.3 is 19.8 Å². The molecule has 0 aliphatic carbocycles. The highest BCUT2D eigenvalue weighted by atomic mass is 35.5. The van der Waals surface area contributed by atoms with Crippen molar-refractivity contribution >= 4 is 29.1 Å². The zero-order valence-electron chi connectivity index (χ0n) is 15.2. The zero-order valence-corrected chi connectivity index (χ0v) is 16.0. The molecule has 0 radical (unpaired) electrons. The molecule has 2 N–H and O–H groups in total. The molecule has 28 heavy (non-hydrogen) atoms. The lowest BCUT2D eigenvalue weighted by atomic mass is 10.2. The number of hydrogen-bond acceptors (Lipinski definition) is 4. The number of amides is 2. The summed E-state index contributed by atoms with van der Waals surface area (Å²) in [5, 5.41) is 6.10. The maximum Gasteiger partial charge on any atom is 0.262 e. The molecular formula is C21H19ClN2O4. The number of anilines is 1. The van der Waals surface area contributed by atoms with Crippen molar-refractivity contribution in [3.8, 4) is 5.75 Å². The standard InChI is InChI=1S/C21H19ClN2O4/c1-14-11-16(22)6-9-19(14)28-13-20(25)24-17-7-4-15(5-8-17)21(26)23-12-18-3-2-10-27-18/h2-11H,12-13H2,1H3,(H,23,26)(H,24,25). The van der Waals surface area contributed by atoms with Crippen LogP contribution in [0.3, 0.4) is 0 Å². The Morgan fingerprint density at radius 2 is 1.89 bits per heavy atom. The van der Waals surface area contributed by atoms with Crippen molar-refractivity contribution in [2.24, 2.45) is 0 Å². The normalized spacial score (nSPS) is 10.4. The molecule has 0 unspecified atom stereocenters. The van der Waals surface area contributed by atoms with Crippen LogP contribution in [0.1, 0.15) is 21.7 Å². The van der Waals surface area contributed by atoms with Crippen molar-refractivity contribution in [3.05, 3.63) is 82.8 Å². The fourth-order valence-corrected chi connectivity index (χ4v) is 2.73. The van der Waals surface area contributed by atoms with Crippen LogP contribution >= 0.6 is 11.6 Å². The first kappa shape index (κ1) is 19.5. The molecule has 0 aliphatic heterocycles. The Labute approximate surface area is 167 Å². The van der Waals surface area contributed by atoms with E-state index in [1.807, 2.05) is 6.92 Å². The third-order valence-corrected chi connectivity index (χ3v) is 4.16. The minimum atomic E-state index is -0.302. The van der Waals surface area contributed by atoms with Gasteiger partial charge in [-0.05, 0) is 67.1 Å². The molecular weight excluding hydrogens is 380 g/mol. The smallest absolute Gasteiger partial charge is 0.262 e. The van der Waals surface area contributed by atoms with Gasteiger partial charge in [0.15, 0.2) is 6.61 Å². The third kappa shape index (κ3) is 5.37. The second-order valence-electron chi connectivity index (χ2n) is 6.09. The summed E-state index contributed by atoms with van der Waals surface area (Å²) in [6, 6.07) is 15.3. The summed E-state index contributed by atoms with van der Waals surface area (Å²) in [4.78, 5) is 24.2. The van der Waals surface area contributed by atoms with E-state index in [1.54, 1.807) is 60.9 Å². The number of aryl methyl sites for hydroxylation is 1. The molecule has 0 bridgehead atoms. The Bertz CT molecular complexity index is 953. The first-order chi connectivity index (χ1) is 13.5. The Hall–Kier alpha value is -3.25. The molecule has 3 aromatic rings. The van der Waals surface area contributed by atoms with Gasteiger partial charge in [-0.1, -0.05) is 11.6 Å². The lowest BCUT2D eigenvalue weighted by Gasteiger charge is -2.10. The van der Waals surface area contributed by atoms with E-state index in [0.717, 1.165) is 5.56 Å². The minimum absolute atomic E-state index is 0.131. The lowest BCUT2D eigenvalue weighted by molar-refractivity contribution is -0.118. The maximum absolute atomic E-state index is 12.1. The Morgan fingerprint density at radius 3 is 2.57 bits per heavy atom. The van der Waals surface area contributed by atoms with E-state index in [-0.39, 0.29) is 18.4 Å². The quantitative estimate of drug-likeness (QED) is 0.625. The number of rotatable bonds is 7. The molecule has 0 saturated heterocycles. The van der Waals surface area contributed by atoms with E-state index >= 15 is 0 Å². The van der Waals surface area contributed by atoms with Crippen molar-refractivity contribution < 1.29 is 18.7 Å². The predicted octanol–water partition coefficient (Wildman–Crippen LogP) is 4.19. The molecule has 2 amide bonds. The molecule has 144 valence electrons. The monoisotopic (exact) mass is 398 g/mol. The summed E-state index contributed by atoms with van der Waals surface area (Å²) in [6.45, 7) is 2.04. The minimum Gasteiger partial charge on any atom is -0.483 e. The average molecular weight is 399 g/mol. The van der Waals surface area contributed by atoms with Crippen LogP contribution < -0.4 is 15.4 Å². The molecule has 7 heteroatoms. The van der Waals surface area contributed by atoms with Crippen LogP contribution in [0.4, 0.5) is 5.69 Å². The summed E-state index contributed by atoms with van der Waals surface area (Å²) in [6.07, 6.45) is 1.55. The third-order valence-electron chi connectivity index (χ3n) is 3.93. The van der Waals surface area contributed by atoms with Gasteiger partial charge in [0.2, 0.25) is 0 Å². The van der Waals surface area contributed by atoms with E-state index in [1.165, 1.54) is 0 Å². The summed E-state index contributed by atoms with van der Waals surface area (Å²) in [5.41, 5.74) is 1.91. The molecule has 3 rings (SSSR count). The highest BCUT2D eigenvalue weighted by Crippen LogP contribution is 2.21. The van der Waals surface area contributed by atoms with Gasteiger partial charge in [-0.2, -0.15) is 0 Å². The van der Waals surface area contributed by atoms with Crippen molar-refractivity contribution in [2.45, 2.75) is 13.5 Å². The van der Waals surface area contributed by atoms with E-state index < -0.39 is 0 Å². The second-order valence-corrected chi connectivity index (χ2v) is 6.52. The summed E-state index contributed by atoms with van der Waals surface area (Å²) < 4.78 is 10.7. The molecule has 2 aromatic carbocycles. The molecule has 0 atom stereocenters. The van der Waals surface area contributed by atoms with Crippen LogP contribution in [0.15, 0.2) is 65.3 Å². The first-order valence-electron chi connectivity index (χ1n) is 8.61. The number of nitrogens with one attached hydrogen (secondary N) is 2. The van der Waals surface area contributed by atoms with Gasteiger partial charge in [0.05, 0.1) is 12.8 Å². The fraction of sp³-hybridized carbons (Fsp3) is 0.143. The SMILES string of the molecule is Cc1cc(Cl)ccc1OCC(=O)Nc1ccc(C(=O)NCc2ccco2)cc1. The summed E-state index contributed by atoms with van der Waals surface area (Å²) in [7, 11) is 0. The van der Waals surface area contributed by atoms with Crippen molar-refractivity contribution in [1.82, 2.24) is 5.32 Å². The molecule has 0 spiro atoms. The Kier molecular flexibility index (Phi) is 6.34. The van der Waals surface area contributed by atoms with Gasteiger partial charge in [0.1, 0.15) is 11.5 Å². The van der Waals surface area contributed by atoms with Crippen LogP contribution in [-0.4, -0.2) is 18.4 Å². The first-order valence-corrected chi connectivity index (χ1v) is 8.98. The number of carbonyl (C=O) groups excluding carboxylic acids is 2. The molecule has 1 aromatic heterocycles. The zero-order chi connectivity index (χ0) is 19.9. The molecule has 6 nitrogen and oxygen atoms in total.